The van der Waals surface area contributed by atoms with Gasteiger partial charge in [-0.3, -0.25) is 0 Å². The lowest BCUT2D eigenvalue weighted by Gasteiger charge is -2.08. The Morgan fingerprint density at radius 3 is 2.17 bits per heavy atom. The van der Waals surface area contributed by atoms with Gasteiger partial charge in [0.15, 0.2) is 0 Å². The van der Waals surface area contributed by atoms with E-state index >= 15 is 0 Å². The molecule has 0 aliphatic rings. The second-order valence-corrected chi connectivity index (χ2v) is 2.63. The minimum Gasteiger partial charge on any atom is -0.241 e. The summed E-state index contributed by atoms with van der Waals surface area (Å²) in [5.41, 5.74) is -0.139. The Balaban J connectivity index is 2.93. The van der Waals surface area contributed by atoms with Crippen LogP contribution in [-0.4, -0.2) is 9.97 Å². The molecule has 2 nitrogen and oxygen atoms in total. The zero-order valence-electron chi connectivity index (χ0n) is 7.01. The zero-order chi connectivity index (χ0) is 9.19. The first-order valence-corrected chi connectivity index (χ1v) is 3.73. The van der Waals surface area contributed by atoms with Crippen molar-refractivity contribution >= 4 is 0 Å². The maximum atomic E-state index is 12.6. The topological polar surface area (TPSA) is 25.8 Å². The van der Waals surface area contributed by atoms with Crippen molar-refractivity contribution in [3.8, 4) is 0 Å². The molecule has 1 heterocycles. The molecule has 0 radical (unpaired) electrons. The number of hydrogen-bond acceptors (Lipinski definition) is 2. The average molecular weight is 172 g/mol. The summed E-state index contributed by atoms with van der Waals surface area (Å²) in [6, 6.07) is 0. The molecule has 0 N–H and O–H groups in total. The normalized spacial score (nSPS) is 11.7. The van der Waals surface area contributed by atoms with Crippen LogP contribution in [0.2, 0.25) is 0 Å². The predicted molar refractivity (Wildman–Crippen MR) is 41.0 cm³/mol. The van der Waals surface area contributed by atoms with Crippen LogP contribution in [0.5, 0.6) is 0 Å². The van der Waals surface area contributed by atoms with Crippen molar-refractivity contribution < 1.29 is 8.78 Å². The SMILES string of the molecule is CCc1ncc(C(C)(F)F)cn1. The van der Waals surface area contributed by atoms with Gasteiger partial charge in [0.2, 0.25) is 0 Å². The highest BCUT2D eigenvalue weighted by Gasteiger charge is 2.24. The van der Waals surface area contributed by atoms with E-state index in [1.54, 1.807) is 0 Å². The van der Waals surface area contributed by atoms with Crippen molar-refractivity contribution in [3.05, 3.63) is 23.8 Å². The van der Waals surface area contributed by atoms with E-state index in [-0.39, 0.29) is 5.56 Å². The summed E-state index contributed by atoms with van der Waals surface area (Å²) in [4.78, 5) is 7.55. The van der Waals surface area contributed by atoms with E-state index in [1.165, 1.54) is 12.4 Å². The Bertz CT molecular complexity index is 251. The van der Waals surface area contributed by atoms with Crippen molar-refractivity contribution in [2.24, 2.45) is 0 Å². The van der Waals surface area contributed by atoms with Gasteiger partial charge in [-0.15, -0.1) is 0 Å². The zero-order valence-corrected chi connectivity index (χ0v) is 7.01. The number of rotatable bonds is 2. The van der Waals surface area contributed by atoms with Crippen molar-refractivity contribution in [1.29, 1.82) is 0 Å². The van der Waals surface area contributed by atoms with Crippen LogP contribution in [-0.2, 0) is 12.3 Å². The fraction of sp³-hybridized carbons (Fsp3) is 0.500. The lowest BCUT2D eigenvalue weighted by atomic mass is 10.2. The van der Waals surface area contributed by atoms with E-state index in [1.807, 2.05) is 6.92 Å². The molecule has 0 fully saturated rings. The van der Waals surface area contributed by atoms with Gasteiger partial charge in [-0.05, 0) is 0 Å². The summed E-state index contributed by atoms with van der Waals surface area (Å²) in [6.45, 7) is 2.70. The summed E-state index contributed by atoms with van der Waals surface area (Å²) < 4.78 is 25.2. The van der Waals surface area contributed by atoms with Crippen molar-refractivity contribution in [1.82, 2.24) is 9.97 Å². The molecule has 0 amide bonds. The van der Waals surface area contributed by atoms with Gasteiger partial charge in [-0.1, -0.05) is 6.92 Å². The van der Waals surface area contributed by atoms with Gasteiger partial charge < -0.3 is 0 Å². The molecule has 1 aromatic rings. The monoisotopic (exact) mass is 172 g/mol. The fourth-order valence-electron chi connectivity index (χ4n) is 0.764. The summed E-state index contributed by atoms with van der Waals surface area (Å²) in [5.74, 6) is -2.25. The van der Waals surface area contributed by atoms with E-state index in [9.17, 15) is 8.78 Å². The first-order chi connectivity index (χ1) is 5.54. The molecule has 1 aromatic heterocycles. The minimum absolute atomic E-state index is 0.139. The van der Waals surface area contributed by atoms with Gasteiger partial charge in [0.05, 0.1) is 5.56 Å². The van der Waals surface area contributed by atoms with Crippen LogP contribution < -0.4 is 0 Å². The third-order valence-electron chi connectivity index (χ3n) is 1.53. The molecule has 12 heavy (non-hydrogen) atoms. The van der Waals surface area contributed by atoms with Crippen molar-refractivity contribution in [3.63, 3.8) is 0 Å². The fourth-order valence-corrected chi connectivity index (χ4v) is 0.764. The quantitative estimate of drug-likeness (QED) is 0.683. The highest BCUT2D eigenvalue weighted by Crippen LogP contribution is 2.24. The number of alkyl halides is 2. The molecule has 0 aliphatic carbocycles. The lowest BCUT2D eigenvalue weighted by Crippen LogP contribution is -2.08. The molecule has 66 valence electrons. The van der Waals surface area contributed by atoms with Crippen LogP contribution in [0.25, 0.3) is 0 Å². The average Bonchev–Trinajstić information content (AvgIpc) is 2.03. The Morgan fingerprint density at radius 1 is 1.33 bits per heavy atom. The second kappa shape index (κ2) is 3.13. The molecule has 0 saturated heterocycles. The molecule has 0 aliphatic heterocycles. The highest BCUT2D eigenvalue weighted by atomic mass is 19.3. The largest absolute Gasteiger partial charge is 0.273 e. The second-order valence-electron chi connectivity index (χ2n) is 2.63. The first kappa shape index (κ1) is 9.03. The third kappa shape index (κ3) is 1.96. The van der Waals surface area contributed by atoms with E-state index in [0.717, 1.165) is 6.92 Å². The number of aryl methyl sites for hydroxylation is 1. The lowest BCUT2D eigenvalue weighted by molar-refractivity contribution is 0.0167. The summed E-state index contributed by atoms with van der Waals surface area (Å²) in [5, 5.41) is 0. The van der Waals surface area contributed by atoms with Crippen LogP contribution in [0.1, 0.15) is 25.2 Å². The van der Waals surface area contributed by atoms with E-state index in [4.69, 9.17) is 0 Å². The van der Waals surface area contributed by atoms with Gasteiger partial charge >= 0.3 is 0 Å². The van der Waals surface area contributed by atoms with E-state index < -0.39 is 5.92 Å². The number of halogens is 2. The molecule has 0 bridgehead atoms. The van der Waals surface area contributed by atoms with Gasteiger partial charge in [0, 0.05) is 25.7 Å². The Morgan fingerprint density at radius 2 is 1.83 bits per heavy atom. The summed E-state index contributed by atoms with van der Waals surface area (Å²) in [6.07, 6.45) is 3.01. The molecule has 0 unspecified atom stereocenters. The smallest absolute Gasteiger partial charge is 0.241 e. The Kier molecular flexibility index (Phi) is 2.35. The highest BCUT2D eigenvalue weighted by molar-refractivity contribution is 5.10. The molecule has 0 saturated carbocycles. The van der Waals surface area contributed by atoms with Gasteiger partial charge in [-0.25, -0.2) is 18.7 Å². The van der Waals surface area contributed by atoms with Crippen molar-refractivity contribution in [2.45, 2.75) is 26.2 Å². The molecule has 4 heteroatoms. The van der Waals surface area contributed by atoms with Gasteiger partial charge in [0.25, 0.3) is 5.92 Å². The Labute approximate surface area is 69.7 Å². The number of aromatic nitrogens is 2. The van der Waals surface area contributed by atoms with Crippen LogP contribution >= 0.6 is 0 Å². The Hall–Kier alpha value is -1.06. The van der Waals surface area contributed by atoms with E-state index in [0.29, 0.717) is 12.2 Å². The standard InChI is InChI=1S/C8H10F2N2/c1-3-7-11-4-6(5-12-7)8(2,9)10/h4-5H,3H2,1-2H3. The minimum atomic E-state index is -2.84. The third-order valence-corrected chi connectivity index (χ3v) is 1.53. The van der Waals surface area contributed by atoms with Gasteiger partial charge in [-0.2, -0.15) is 0 Å². The predicted octanol–water partition coefficient (Wildman–Crippen LogP) is 2.15. The molecule has 0 spiro atoms. The van der Waals surface area contributed by atoms with Gasteiger partial charge in [0.1, 0.15) is 5.82 Å². The molecule has 0 atom stereocenters. The van der Waals surface area contributed by atoms with E-state index in [2.05, 4.69) is 9.97 Å². The number of nitrogens with zero attached hydrogens (tertiary/aromatic N) is 2. The van der Waals surface area contributed by atoms with Crippen LogP contribution in [0, 0.1) is 0 Å². The summed E-state index contributed by atoms with van der Waals surface area (Å²) in [7, 11) is 0. The maximum absolute atomic E-state index is 12.6. The number of hydrogen-bond donors (Lipinski definition) is 0. The summed E-state index contributed by atoms with van der Waals surface area (Å²) >= 11 is 0. The van der Waals surface area contributed by atoms with Crippen molar-refractivity contribution in [2.75, 3.05) is 0 Å². The van der Waals surface area contributed by atoms with Crippen LogP contribution in [0.4, 0.5) is 8.78 Å². The molecule has 1 rings (SSSR count). The first-order valence-electron chi connectivity index (χ1n) is 3.73. The molecular weight excluding hydrogens is 162 g/mol. The van der Waals surface area contributed by atoms with Crippen LogP contribution in [0.3, 0.4) is 0 Å². The van der Waals surface area contributed by atoms with Crippen LogP contribution in [0.15, 0.2) is 12.4 Å². The molecular formula is C8H10F2N2. The maximum Gasteiger partial charge on any atom is 0.273 e. The molecule has 0 aromatic carbocycles.